The first-order valence-corrected chi connectivity index (χ1v) is 7.27. The fraction of sp³-hybridized carbons (Fsp3) is 0.278. The topological polar surface area (TPSA) is 49.8 Å². The third-order valence-corrected chi connectivity index (χ3v) is 3.36. The molecule has 0 amide bonds. The zero-order chi connectivity index (χ0) is 16.1. The fourth-order valence-electron chi connectivity index (χ4n) is 2.42. The molecule has 2 aromatic carbocycles. The molecule has 0 unspecified atom stereocenters. The van der Waals surface area contributed by atoms with Crippen molar-refractivity contribution in [1.29, 1.82) is 0 Å². The number of carboxylic acid groups (broad SMARTS) is 1. The van der Waals surface area contributed by atoms with Crippen LogP contribution in [0.5, 0.6) is 5.75 Å². The molecule has 4 nitrogen and oxygen atoms in total. The molecule has 116 valence electrons. The lowest BCUT2D eigenvalue weighted by atomic mass is 10.00. The second kappa shape index (κ2) is 6.98. The SMILES string of the molecule is CCOc1c(-c2cccc(CC(=O)O)c2)cccc1N(C)C. The number of para-hydroxylation sites is 1. The van der Waals surface area contributed by atoms with E-state index >= 15 is 0 Å². The summed E-state index contributed by atoms with van der Waals surface area (Å²) < 4.78 is 5.85. The molecular formula is C18H21NO3. The van der Waals surface area contributed by atoms with Gasteiger partial charge in [-0.25, -0.2) is 0 Å². The number of anilines is 1. The molecule has 0 bridgehead atoms. The molecule has 0 atom stereocenters. The number of hydrogen-bond donors (Lipinski definition) is 1. The Balaban J connectivity index is 2.52. The molecule has 0 aliphatic heterocycles. The summed E-state index contributed by atoms with van der Waals surface area (Å²) in [5.74, 6) is -0.00769. The molecule has 0 aromatic heterocycles. The van der Waals surface area contributed by atoms with Crippen LogP contribution < -0.4 is 9.64 Å². The van der Waals surface area contributed by atoms with Crippen LogP contribution in [0.25, 0.3) is 11.1 Å². The van der Waals surface area contributed by atoms with Gasteiger partial charge >= 0.3 is 5.97 Å². The molecule has 0 saturated heterocycles. The van der Waals surface area contributed by atoms with E-state index in [-0.39, 0.29) is 6.42 Å². The minimum Gasteiger partial charge on any atom is -0.491 e. The molecule has 0 aliphatic rings. The highest BCUT2D eigenvalue weighted by Crippen LogP contribution is 2.38. The predicted octanol–water partition coefficient (Wildman–Crippen LogP) is 3.45. The average Bonchev–Trinajstić information content (AvgIpc) is 2.47. The molecule has 2 aromatic rings. The normalized spacial score (nSPS) is 10.3. The minimum atomic E-state index is -0.829. The zero-order valence-corrected chi connectivity index (χ0v) is 13.2. The lowest BCUT2D eigenvalue weighted by Gasteiger charge is -2.20. The third kappa shape index (κ3) is 3.58. The number of rotatable bonds is 6. The van der Waals surface area contributed by atoms with Gasteiger partial charge in [0.25, 0.3) is 0 Å². The van der Waals surface area contributed by atoms with Crippen LogP contribution in [0.4, 0.5) is 5.69 Å². The molecule has 0 radical (unpaired) electrons. The maximum absolute atomic E-state index is 10.9. The summed E-state index contributed by atoms with van der Waals surface area (Å²) in [5, 5.41) is 8.95. The quantitative estimate of drug-likeness (QED) is 0.887. The van der Waals surface area contributed by atoms with Crippen molar-refractivity contribution in [2.75, 3.05) is 25.6 Å². The van der Waals surface area contributed by atoms with Crippen molar-refractivity contribution in [3.63, 3.8) is 0 Å². The predicted molar refractivity (Wildman–Crippen MR) is 88.7 cm³/mol. The number of hydrogen-bond acceptors (Lipinski definition) is 3. The van der Waals surface area contributed by atoms with Gasteiger partial charge in [-0.05, 0) is 24.1 Å². The molecule has 0 aliphatic carbocycles. The van der Waals surface area contributed by atoms with E-state index < -0.39 is 5.97 Å². The van der Waals surface area contributed by atoms with E-state index in [9.17, 15) is 4.79 Å². The van der Waals surface area contributed by atoms with Crippen LogP contribution in [0.2, 0.25) is 0 Å². The van der Waals surface area contributed by atoms with Crippen molar-refractivity contribution in [3.8, 4) is 16.9 Å². The van der Waals surface area contributed by atoms with Crippen molar-refractivity contribution in [2.24, 2.45) is 0 Å². The maximum atomic E-state index is 10.9. The minimum absolute atomic E-state index is 0.0190. The molecule has 0 spiro atoms. The van der Waals surface area contributed by atoms with E-state index in [4.69, 9.17) is 9.84 Å². The number of carbonyl (C=O) groups is 1. The smallest absolute Gasteiger partial charge is 0.307 e. The van der Waals surface area contributed by atoms with Crippen molar-refractivity contribution in [2.45, 2.75) is 13.3 Å². The Morgan fingerprint density at radius 2 is 1.91 bits per heavy atom. The first kappa shape index (κ1) is 15.9. The van der Waals surface area contributed by atoms with Crippen LogP contribution in [0.3, 0.4) is 0 Å². The zero-order valence-electron chi connectivity index (χ0n) is 13.2. The number of carboxylic acids is 1. The largest absolute Gasteiger partial charge is 0.491 e. The molecule has 0 fully saturated rings. The summed E-state index contributed by atoms with van der Waals surface area (Å²) in [4.78, 5) is 12.9. The van der Waals surface area contributed by atoms with Crippen LogP contribution in [0, 0.1) is 0 Å². The van der Waals surface area contributed by atoms with Crippen LogP contribution in [-0.4, -0.2) is 31.8 Å². The fourth-order valence-corrected chi connectivity index (χ4v) is 2.42. The van der Waals surface area contributed by atoms with Crippen LogP contribution in [0.1, 0.15) is 12.5 Å². The first-order chi connectivity index (χ1) is 10.5. The van der Waals surface area contributed by atoms with Gasteiger partial charge in [-0.1, -0.05) is 36.4 Å². The van der Waals surface area contributed by atoms with Crippen LogP contribution in [0.15, 0.2) is 42.5 Å². The molecule has 1 N–H and O–H groups in total. The van der Waals surface area contributed by atoms with E-state index in [1.165, 1.54) is 0 Å². The second-order valence-corrected chi connectivity index (χ2v) is 5.25. The highest BCUT2D eigenvalue weighted by atomic mass is 16.5. The van der Waals surface area contributed by atoms with Gasteiger partial charge in [0.1, 0.15) is 5.75 Å². The summed E-state index contributed by atoms with van der Waals surface area (Å²) in [6.45, 7) is 2.53. The lowest BCUT2D eigenvalue weighted by molar-refractivity contribution is -0.136. The van der Waals surface area contributed by atoms with Gasteiger partial charge in [-0.2, -0.15) is 0 Å². The Kier molecular flexibility index (Phi) is 5.04. The summed E-state index contributed by atoms with van der Waals surface area (Å²) in [6.07, 6.45) is 0.0190. The van der Waals surface area contributed by atoms with E-state index in [1.54, 1.807) is 0 Å². The Morgan fingerprint density at radius 1 is 1.18 bits per heavy atom. The molecule has 0 heterocycles. The highest BCUT2D eigenvalue weighted by Gasteiger charge is 2.13. The van der Waals surface area contributed by atoms with E-state index in [2.05, 4.69) is 0 Å². The Bertz CT molecular complexity index is 665. The molecule has 0 saturated carbocycles. The summed E-state index contributed by atoms with van der Waals surface area (Å²) in [7, 11) is 3.95. The average molecular weight is 299 g/mol. The molecule has 22 heavy (non-hydrogen) atoms. The van der Waals surface area contributed by atoms with Gasteiger partial charge in [0, 0.05) is 19.7 Å². The van der Waals surface area contributed by atoms with Crippen molar-refractivity contribution in [3.05, 3.63) is 48.0 Å². The summed E-state index contributed by atoms with van der Waals surface area (Å²) in [5.41, 5.74) is 3.72. The Hall–Kier alpha value is -2.49. The third-order valence-electron chi connectivity index (χ3n) is 3.36. The van der Waals surface area contributed by atoms with Crippen LogP contribution in [-0.2, 0) is 11.2 Å². The second-order valence-electron chi connectivity index (χ2n) is 5.25. The van der Waals surface area contributed by atoms with Crippen molar-refractivity contribution >= 4 is 11.7 Å². The number of aliphatic carboxylic acids is 1. The monoisotopic (exact) mass is 299 g/mol. The number of nitrogens with zero attached hydrogens (tertiary/aromatic N) is 1. The molecule has 2 rings (SSSR count). The van der Waals surface area contributed by atoms with E-state index in [0.717, 1.165) is 28.1 Å². The standard InChI is InChI=1S/C18H21NO3/c1-4-22-18-15(9-6-10-16(18)19(2)3)14-8-5-7-13(11-14)12-17(20)21/h5-11H,4,12H2,1-3H3,(H,20,21). The van der Waals surface area contributed by atoms with Gasteiger partial charge in [-0.3, -0.25) is 4.79 Å². The van der Waals surface area contributed by atoms with Gasteiger partial charge < -0.3 is 14.7 Å². The van der Waals surface area contributed by atoms with E-state index in [0.29, 0.717) is 6.61 Å². The summed E-state index contributed by atoms with van der Waals surface area (Å²) in [6, 6.07) is 13.6. The van der Waals surface area contributed by atoms with Gasteiger partial charge in [0.2, 0.25) is 0 Å². The first-order valence-electron chi connectivity index (χ1n) is 7.27. The number of benzene rings is 2. The van der Waals surface area contributed by atoms with Crippen LogP contribution >= 0.6 is 0 Å². The van der Waals surface area contributed by atoms with Gasteiger partial charge in [0.15, 0.2) is 0 Å². The Labute approximate surface area is 131 Å². The highest BCUT2D eigenvalue weighted by molar-refractivity contribution is 5.79. The summed E-state index contributed by atoms with van der Waals surface area (Å²) >= 11 is 0. The number of ether oxygens (including phenoxy) is 1. The van der Waals surface area contributed by atoms with Crippen molar-refractivity contribution in [1.82, 2.24) is 0 Å². The molecular weight excluding hydrogens is 278 g/mol. The lowest BCUT2D eigenvalue weighted by Crippen LogP contribution is -2.11. The maximum Gasteiger partial charge on any atom is 0.307 e. The Morgan fingerprint density at radius 3 is 2.55 bits per heavy atom. The van der Waals surface area contributed by atoms with Gasteiger partial charge in [-0.15, -0.1) is 0 Å². The van der Waals surface area contributed by atoms with Gasteiger partial charge in [0.05, 0.1) is 18.7 Å². The van der Waals surface area contributed by atoms with Crippen molar-refractivity contribution < 1.29 is 14.6 Å². The van der Waals surface area contributed by atoms with E-state index in [1.807, 2.05) is 68.4 Å². The molecule has 4 heteroatoms.